The first kappa shape index (κ1) is 17.9. The first-order chi connectivity index (χ1) is 11.5. The average molecular weight is 346 g/mol. The summed E-state index contributed by atoms with van der Waals surface area (Å²) in [6.45, 7) is 10.3. The molecule has 1 aromatic rings. The Bertz CT molecular complexity index is 709. The summed E-state index contributed by atoms with van der Waals surface area (Å²) in [7, 11) is 1.70. The molecule has 2 aliphatic heterocycles. The Kier molecular flexibility index (Phi) is 3.97. The van der Waals surface area contributed by atoms with Crippen molar-refractivity contribution in [3.8, 4) is 0 Å². The van der Waals surface area contributed by atoms with E-state index < -0.39 is 12.1 Å². The highest BCUT2D eigenvalue weighted by molar-refractivity contribution is 5.97. The molecule has 2 fully saturated rings. The molecular formula is C20H27FN2O2. The van der Waals surface area contributed by atoms with E-state index in [0.29, 0.717) is 6.42 Å². The van der Waals surface area contributed by atoms with Crippen LogP contribution in [-0.2, 0) is 9.59 Å². The van der Waals surface area contributed by atoms with E-state index in [0.717, 1.165) is 5.56 Å². The molecule has 0 aliphatic carbocycles. The van der Waals surface area contributed by atoms with Gasteiger partial charge in [-0.1, -0.05) is 39.8 Å². The fraction of sp³-hybridized carbons (Fsp3) is 0.600. The monoisotopic (exact) mass is 346 g/mol. The van der Waals surface area contributed by atoms with Crippen LogP contribution >= 0.6 is 0 Å². The molecule has 2 aliphatic rings. The zero-order valence-electron chi connectivity index (χ0n) is 15.8. The highest BCUT2D eigenvalue weighted by Crippen LogP contribution is 2.59. The lowest BCUT2D eigenvalue weighted by Gasteiger charge is -2.46. The van der Waals surface area contributed by atoms with Crippen LogP contribution < -0.4 is 0 Å². The minimum Gasteiger partial charge on any atom is -0.332 e. The summed E-state index contributed by atoms with van der Waals surface area (Å²) < 4.78 is 13.4. The zero-order chi connectivity index (χ0) is 18.7. The number of carbonyl (C=O) groups is 2. The number of amides is 2. The highest BCUT2D eigenvalue weighted by Gasteiger charge is 2.61. The van der Waals surface area contributed by atoms with Crippen LogP contribution in [0.1, 0.15) is 52.6 Å². The van der Waals surface area contributed by atoms with Crippen LogP contribution in [0.2, 0.25) is 0 Å². The lowest BCUT2D eigenvalue weighted by atomic mass is 9.61. The second-order valence-electron chi connectivity index (χ2n) is 8.71. The summed E-state index contributed by atoms with van der Waals surface area (Å²) in [6, 6.07) is 5.17. The van der Waals surface area contributed by atoms with Gasteiger partial charge in [-0.3, -0.25) is 9.59 Å². The molecule has 2 heterocycles. The third kappa shape index (κ3) is 2.47. The van der Waals surface area contributed by atoms with Crippen molar-refractivity contribution < 1.29 is 14.0 Å². The van der Waals surface area contributed by atoms with Crippen LogP contribution in [0.5, 0.6) is 0 Å². The predicted molar refractivity (Wildman–Crippen MR) is 94.2 cm³/mol. The number of hydrogen-bond acceptors (Lipinski definition) is 2. The summed E-state index contributed by atoms with van der Waals surface area (Å²) in [5.74, 6) is -0.341. The molecule has 4 atom stereocenters. The largest absolute Gasteiger partial charge is 0.332 e. The molecule has 0 bridgehead atoms. The normalized spacial score (nSPS) is 33.0. The van der Waals surface area contributed by atoms with Gasteiger partial charge < -0.3 is 9.80 Å². The Balaban J connectivity index is 2.17. The first-order valence-corrected chi connectivity index (χ1v) is 8.83. The predicted octanol–water partition coefficient (Wildman–Crippen LogP) is 3.38. The Hall–Kier alpha value is -1.91. The number of piperazine rings is 1. The van der Waals surface area contributed by atoms with Crippen LogP contribution in [0.15, 0.2) is 24.3 Å². The number of fused-ring (bicyclic) bond motifs is 1. The minimum absolute atomic E-state index is 0.00723. The van der Waals surface area contributed by atoms with E-state index in [9.17, 15) is 14.0 Å². The number of carbonyl (C=O) groups excluding carboxylic acids is 2. The lowest BCUT2D eigenvalue weighted by Crippen LogP contribution is -2.60. The zero-order valence-corrected chi connectivity index (χ0v) is 15.8. The molecular weight excluding hydrogens is 319 g/mol. The van der Waals surface area contributed by atoms with Crippen molar-refractivity contribution in [1.82, 2.24) is 9.80 Å². The highest BCUT2D eigenvalue weighted by atomic mass is 19.1. The molecule has 136 valence electrons. The molecule has 1 aromatic carbocycles. The summed E-state index contributed by atoms with van der Waals surface area (Å²) in [6.07, 6.45) is 0.611. The van der Waals surface area contributed by atoms with E-state index in [2.05, 4.69) is 27.7 Å². The molecule has 2 amide bonds. The van der Waals surface area contributed by atoms with E-state index >= 15 is 0 Å². The van der Waals surface area contributed by atoms with E-state index in [4.69, 9.17) is 0 Å². The number of hydrogen-bond donors (Lipinski definition) is 0. The summed E-state index contributed by atoms with van der Waals surface area (Å²) in [4.78, 5) is 29.3. The molecule has 5 heteroatoms. The number of halogens is 1. The van der Waals surface area contributed by atoms with Gasteiger partial charge in [0.15, 0.2) is 0 Å². The number of nitrogens with zero attached hydrogens (tertiary/aromatic N) is 2. The minimum atomic E-state index is -0.478. The number of likely N-dealkylation sites (N-methyl/N-ethyl adjacent to an activating group) is 1. The van der Waals surface area contributed by atoms with Crippen LogP contribution in [0.3, 0.4) is 0 Å². The van der Waals surface area contributed by atoms with Gasteiger partial charge in [-0.25, -0.2) is 4.39 Å². The van der Waals surface area contributed by atoms with Gasteiger partial charge in [0.2, 0.25) is 11.8 Å². The molecule has 0 radical (unpaired) electrons. The van der Waals surface area contributed by atoms with Crippen molar-refractivity contribution in [2.24, 2.45) is 10.8 Å². The molecule has 25 heavy (non-hydrogen) atoms. The molecule has 4 nitrogen and oxygen atoms in total. The summed E-state index contributed by atoms with van der Waals surface area (Å²) >= 11 is 0. The SMILES string of the molecule is C[C@@H]1C(=O)N2C(c3ccc(F)cc3)[C@@](C)(C(C)(C)C)C[C@H]2C(=O)N1C. The third-order valence-corrected chi connectivity index (χ3v) is 6.56. The molecule has 0 saturated carbocycles. The Morgan fingerprint density at radius 3 is 2.20 bits per heavy atom. The van der Waals surface area contributed by atoms with Crippen LogP contribution in [0.25, 0.3) is 0 Å². The number of benzene rings is 1. The van der Waals surface area contributed by atoms with E-state index in [1.807, 2.05) is 0 Å². The van der Waals surface area contributed by atoms with E-state index in [1.165, 1.54) is 12.1 Å². The van der Waals surface area contributed by atoms with Crippen LogP contribution in [0, 0.1) is 16.6 Å². The fourth-order valence-corrected chi connectivity index (χ4v) is 4.28. The molecule has 0 aromatic heterocycles. The smallest absolute Gasteiger partial charge is 0.246 e. The Labute approximate surface area is 149 Å². The fourth-order valence-electron chi connectivity index (χ4n) is 4.28. The maximum Gasteiger partial charge on any atom is 0.246 e. The second-order valence-corrected chi connectivity index (χ2v) is 8.71. The van der Waals surface area contributed by atoms with Gasteiger partial charge in [-0.05, 0) is 41.9 Å². The van der Waals surface area contributed by atoms with Crippen molar-refractivity contribution >= 4 is 11.8 Å². The van der Waals surface area contributed by atoms with Crippen molar-refractivity contribution in [3.05, 3.63) is 35.6 Å². The maximum absolute atomic E-state index is 13.4. The van der Waals surface area contributed by atoms with Gasteiger partial charge in [0.25, 0.3) is 0 Å². The molecule has 1 unspecified atom stereocenters. The summed E-state index contributed by atoms with van der Waals surface area (Å²) in [5.41, 5.74) is 0.455. The van der Waals surface area contributed by atoms with Crippen LogP contribution in [-0.4, -0.2) is 40.7 Å². The van der Waals surface area contributed by atoms with Gasteiger partial charge >= 0.3 is 0 Å². The quantitative estimate of drug-likeness (QED) is 0.782. The molecule has 0 N–H and O–H groups in total. The second kappa shape index (κ2) is 5.55. The van der Waals surface area contributed by atoms with E-state index in [-0.39, 0.29) is 34.5 Å². The van der Waals surface area contributed by atoms with Crippen molar-refractivity contribution in [2.75, 3.05) is 7.05 Å². The van der Waals surface area contributed by atoms with Gasteiger partial charge in [-0.2, -0.15) is 0 Å². The average Bonchev–Trinajstić information content (AvgIpc) is 2.86. The van der Waals surface area contributed by atoms with Gasteiger partial charge in [0.1, 0.15) is 17.9 Å². The molecule has 0 spiro atoms. The third-order valence-electron chi connectivity index (χ3n) is 6.56. The van der Waals surface area contributed by atoms with Crippen molar-refractivity contribution in [3.63, 3.8) is 0 Å². The first-order valence-electron chi connectivity index (χ1n) is 8.83. The van der Waals surface area contributed by atoms with E-state index in [1.54, 1.807) is 35.9 Å². The van der Waals surface area contributed by atoms with Crippen LogP contribution in [0.4, 0.5) is 4.39 Å². The Morgan fingerprint density at radius 2 is 1.68 bits per heavy atom. The van der Waals surface area contributed by atoms with Gasteiger partial charge in [-0.15, -0.1) is 0 Å². The van der Waals surface area contributed by atoms with Gasteiger partial charge in [0.05, 0.1) is 6.04 Å². The summed E-state index contributed by atoms with van der Waals surface area (Å²) in [5, 5.41) is 0. The van der Waals surface area contributed by atoms with Crippen molar-refractivity contribution in [2.45, 2.75) is 59.2 Å². The maximum atomic E-state index is 13.4. The lowest BCUT2D eigenvalue weighted by molar-refractivity contribution is -0.159. The topological polar surface area (TPSA) is 40.6 Å². The molecule has 3 rings (SSSR count). The number of rotatable bonds is 1. The van der Waals surface area contributed by atoms with Crippen molar-refractivity contribution in [1.29, 1.82) is 0 Å². The van der Waals surface area contributed by atoms with Gasteiger partial charge in [0, 0.05) is 7.05 Å². The Morgan fingerprint density at radius 1 is 1.12 bits per heavy atom. The standard InChI is InChI=1S/C20H27FN2O2/c1-12-17(24)23-15(18(25)22(12)6)11-20(5,19(2,3)4)16(23)13-7-9-14(21)10-8-13/h7-10,12,15-16H,11H2,1-6H3/t12-,15+,16?,20+/m1/s1. The molecule has 2 saturated heterocycles.